The van der Waals surface area contributed by atoms with E-state index in [0.717, 1.165) is 11.1 Å². The van der Waals surface area contributed by atoms with Crippen LogP contribution in [0.2, 0.25) is 0 Å². The fraction of sp³-hybridized carbons (Fsp3) is 0.308. The number of halogens is 1. The molecule has 0 bridgehead atoms. The SMILES string of the molecule is O=C1CC(Cl)CN1Cc1cccc2cc[nH]c12. The van der Waals surface area contributed by atoms with Crippen LogP contribution < -0.4 is 0 Å². The van der Waals surface area contributed by atoms with Crippen molar-refractivity contribution >= 4 is 28.4 Å². The number of para-hydroxylation sites is 1. The first-order valence-corrected chi connectivity index (χ1v) is 6.14. The Morgan fingerprint density at radius 1 is 1.41 bits per heavy atom. The van der Waals surface area contributed by atoms with E-state index in [4.69, 9.17) is 11.6 Å². The normalized spacial score (nSPS) is 20.4. The Kier molecular flexibility index (Phi) is 2.56. The van der Waals surface area contributed by atoms with Gasteiger partial charge in [0.25, 0.3) is 0 Å². The van der Waals surface area contributed by atoms with E-state index in [0.29, 0.717) is 19.5 Å². The summed E-state index contributed by atoms with van der Waals surface area (Å²) >= 11 is 5.99. The molecule has 1 aliphatic rings. The molecule has 1 unspecified atom stereocenters. The molecule has 1 aromatic heterocycles. The van der Waals surface area contributed by atoms with Gasteiger partial charge in [-0.3, -0.25) is 4.79 Å². The molecule has 2 heterocycles. The van der Waals surface area contributed by atoms with Gasteiger partial charge in [0.2, 0.25) is 5.91 Å². The van der Waals surface area contributed by atoms with Crippen LogP contribution in [0.25, 0.3) is 10.9 Å². The van der Waals surface area contributed by atoms with Crippen molar-refractivity contribution in [3.63, 3.8) is 0 Å². The van der Waals surface area contributed by atoms with E-state index < -0.39 is 0 Å². The predicted molar refractivity (Wildman–Crippen MR) is 68.0 cm³/mol. The number of carbonyl (C=O) groups is 1. The predicted octanol–water partition coefficient (Wildman–Crippen LogP) is 2.51. The third-order valence-electron chi connectivity index (χ3n) is 3.20. The lowest BCUT2D eigenvalue weighted by Crippen LogP contribution is -2.24. The number of H-pyrrole nitrogens is 1. The molecule has 3 rings (SSSR count). The number of hydrogen-bond acceptors (Lipinski definition) is 1. The van der Waals surface area contributed by atoms with Gasteiger partial charge < -0.3 is 9.88 Å². The van der Waals surface area contributed by atoms with Crippen LogP contribution in [-0.2, 0) is 11.3 Å². The Morgan fingerprint density at radius 2 is 2.29 bits per heavy atom. The molecule has 2 aromatic rings. The van der Waals surface area contributed by atoms with E-state index in [1.54, 1.807) is 0 Å². The van der Waals surface area contributed by atoms with Crippen LogP contribution in [-0.4, -0.2) is 27.7 Å². The number of amides is 1. The van der Waals surface area contributed by atoms with Crippen LogP contribution >= 0.6 is 11.6 Å². The summed E-state index contributed by atoms with van der Waals surface area (Å²) in [5.74, 6) is 0.147. The lowest BCUT2D eigenvalue weighted by atomic mass is 10.1. The highest BCUT2D eigenvalue weighted by Crippen LogP contribution is 2.22. The van der Waals surface area contributed by atoms with Gasteiger partial charge in [-0.1, -0.05) is 18.2 Å². The first-order chi connectivity index (χ1) is 8.24. The van der Waals surface area contributed by atoms with Crippen molar-refractivity contribution in [2.45, 2.75) is 18.3 Å². The van der Waals surface area contributed by atoms with Gasteiger partial charge in [0.1, 0.15) is 0 Å². The molecular formula is C13H13ClN2O. The second-order valence-electron chi connectivity index (χ2n) is 4.43. The lowest BCUT2D eigenvalue weighted by molar-refractivity contribution is -0.128. The van der Waals surface area contributed by atoms with Crippen molar-refractivity contribution in [1.82, 2.24) is 9.88 Å². The average Bonchev–Trinajstić information content (AvgIpc) is 2.87. The highest BCUT2D eigenvalue weighted by Gasteiger charge is 2.28. The van der Waals surface area contributed by atoms with E-state index in [1.807, 2.05) is 29.3 Å². The number of aromatic nitrogens is 1. The van der Waals surface area contributed by atoms with Crippen molar-refractivity contribution in [3.05, 3.63) is 36.0 Å². The maximum atomic E-state index is 11.7. The van der Waals surface area contributed by atoms with E-state index in [2.05, 4.69) is 11.1 Å². The van der Waals surface area contributed by atoms with Gasteiger partial charge in [0.05, 0.1) is 10.9 Å². The van der Waals surface area contributed by atoms with Crippen molar-refractivity contribution in [1.29, 1.82) is 0 Å². The minimum atomic E-state index is -0.0367. The van der Waals surface area contributed by atoms with Crippen LogP contribution in [0.3, 0.4) is 0 Å². The van der Waals surface area contributed by atoms with Crippen LogP contribution in [0, 0.1) is 0 Å². The number of carbonyl (C=O) groups excluding carboxylic acids is 1. The summed E-state index contributed by atoms with van der Waals surface area (Å²) in [6.07, 6.45) is 2.38. The second-order valence-corrected chi connectivity index (χ2v) is 5.05. The number of rotatable bonds is 2. The Labute approximate surface area is 104 Å². The molecule has 0 saturated carbocycles. The molecule has 4 heteroatoms. The number of benzene rings is 1. The Bertz CT molecular complexity index is 563. The molecule has 1 aliphatic heterocycles. The molecule has 1 saturated heterocycles. The number of fused-ring (bicyclic) bond motifs is 1. The van der Waals surface area contributed by atoms with Gasteiger partial charge in [-0.05, 0) is 17.0 Å². The summed E-state index contributed by atoms with van der Waals surface area (Å²) in [6.45, 7) is 1.29. The molecule has 88 valence electrons. The maximum absolute atomic E-state index is 11.7. The molecule has 1 aromatic carbocycles. The molecule has 0 spiro atoms. The summed E-state index contributed by atoms with van der Waals surface area (Å²) < 4.78 is 0. The summed E-state index contributed by atoms with van der Waals surface area (Å²) in [5.41, 5.74) is 2.25. The summed E-state index contributed by atoms with van der Waals surface area (Å²) in [6, 6.07) is 8.17. The summed E-state index contributed by atoms with van der Waals surface area (Å²) in [5, 5.41) is 1.14. The summed E-state index contributed by atoms with van der Waals surface area (Å²) in [7, 11) is 0. The molecule has 1 fully saturated rings. The molecule has 3 nitrogen and oxygen atoms in total. The van der Waals surface area contributed by atoms with Gasteiger partial charge >= 0.3 is 0 Å². The molecule has 0 aliphatic carbocycles. The van der Waals surface area contributed by atoms with Gasteiger partial charge in [-0.25, -0.2) is 0 Å². The van der Waals surface area contributed by atoms with E-state index in [9.17, 15) is 4.79 Å². The molecule has 1 N–H and O–H groups in total. The first kappa shape index (κ1) is 10.7. The fourth-order valence-corrected chi connectivity index (χ4v) is 2.66. The fourth-order valence-electron chi connectivity index (χ4n) is 2.36. The third-order valence-corrected chi connectivity index (χ3v) is 3.49. The van der Waals surface area contributed by atoms with E-state index in [1.165, 1.54) is 5.39 Å². The number of hydrogen-bond donors (Lipinski definition) is 1. The average molecular weight is 249 g/mol. The molecule has 1 atom stereocenters. The third kappa shape index (κ3) is 1.91. The van der Waals surface area contributed by atoms with Crippen molar-refractivity contribution in [3.8, 4) is 0 Å². The zero-order valence-corrected chi connectivity index (χ0v) is 10.1. The standard InChI is InChI=1S/C13H13ClN2O/c14-11-6-12(17)16(8-11)7-10-3-1-2-9-4-5-15-13(9)10/h1-5,11,15H,6-8H2. The highest BCUT2D eigenvalue weighted by molar-refractivity contribution is 6.22. The second kappa shape index (κ2) is 4.08. The van der Waals surface area contributed by atoms with Crippen LogP contribution in [0.4, 0.5) is 0 Å². The molecule has 1 amide bonds. The monoisotopic (exact) mass is 248 g/mol. The summed E-state index contributed by atoms with van der Waals surface area (Å²) in [4.78, 5) is 16.7. The highest BCUT2D eigenvalue weighted by atomic mass is 35.5. The first-order valence-electron chi connectivity index (χ1n) is 5.71. The number of aromatic amines is 1. The lowest BCUT2D eigenvalue weighted by Gasteiger charge is -2.16. The minimum absolute atomic E-state index is 0.0367. The zero-order valence-electron chi connectivity index (χ0n) is 9.32. The molecular weight excluding hydrogens is 236 g/mol. The molecule has 17 heavy (non-hydrogen) atoms. The van der Waals surface area contributed by atoms with Crippen molar-refractivity contribution in [2.75, 3.05) is 6.54 Å². The van der Waals surface area contributed by atoms with E-state index in [-0.39, 0.29) is 11.3 Å². The molecule has 0 radical (unpaired) electrons. The number of likely N-dealkylation sites (tertiary alicyclic amines) is 1. The topological polar surface area (TPSA) is 36.1 Å². The number of alkyl halides is 1. The Balaban J connectivity index is 1.90. The zero-order chi connectivity index (χ0) is 11.8. The van der Waals surface area contributed by atoms with Crippen LogP contribution in [0.15, 0.2) is 30.5 Å². The van der Waals surface area contributed by atoms with Crippen LogP contribution in [0.1, 0.15) is 12.0 Å². The van der Waals surface area contributed by atoms with Crippen molar-refractivity contribution in [2.24, 2.45) is 0 Å². The Hall–Kier alpha value is -1.48. The quantitative estimate of drug-likeness (QED) is 0.815. The van der Waals surface area contributed by atoms with E-state index >= 15 is 0 Å². The van der Waals surface area contributed by atoms with Gasteiger partial charge in [-0.15, -0.1) is 11.6 Å². The smallest absolute Gasteiger partial charge is 0.224 e. The Morgan fingerprint density at radius 3 is 3.06 bits per heavy atom. The van der Waals surface area contributed by atoms with Crippen LogP contribution in [0.5, 0.6) is 0 Å². The number of nitrogens with one attached hydrogen (secondary N) is 1. The van der Waals surface area contributed by atoms with Gasteiger partial charge in [-0.2, -0.15) is 0 Å². The number of nitrogens with zero attached hydrogens (tertiary/aromatic N) is 1. The van der Waals surface area contributed by atoms with Gasteiger partial charge in [0.15, 0.2) is 0 Å². The van der Waals surface area contributed by atoms with Crippen molar-refractivity contribution < 1.29 is 4.79 Å². The minimum Gasteiger partial charge on any atom is -0.361 e. The maximum Gasteiger partial charge on any atom is 0.224 e. The largest absolute Gasteiger partial charge is 0.361 e. The van der Waals surface area contributed by atoms with Gasteiger partial charge in [0, 0.05) is 25.7 Å².